The number of benzene rings is 2. The van der Waals surface area contributed by atoms with Gasteiger partial charge in [0.25, 0.3) is 17.3 Å². The van der Waals surface area contributed by atoms with Crippen molar-refractivity contribution >= 4 is 23.1 Å². The molecule has 0 aliphatic carbocycles. The summed E-state index contributed by atoms with van der Waals surface area (Å²) in [6.07, 6.45) is 1.50. The van der Waals surface area contributed by atoms with Gasteiger partial charge < -0.3 is 9.80 Å². The molecule has 1 aliphatic rings. The average molecular weight is 448 g/mol. The van der Waals surface area contributed by atoms with Gasteiger partial charge in [0.1, 0.15) is 17.7 Å². The Kier molecular flexibility index (Phi) is 5.94. The second-order valence-corrected chi connectivity index (χ2v) is 7.56. The van der Waals surface area contributed by atoms with Crippen molar-refractivity contribution < 1.29 is 14.6 Å². The van der Waals surface area contributed by atoms with Gasteiger partial charge in [-0.1, -0.05) is 30.3 Å². The van der Waals surface area contributed by atoms with Crippen molar-refractivity contribution in [2.75, 3.05) is 31.1 Å². The highest BCUT2D eigenvalue weighted by Gasteiger charge is 2.29. The van der Waals surface area contributed by atoms with Crippen molar-refractivity contribution in [1.29, 1.82) is 0 Å². The minimum Gasteiger partial charge on any atom is -0.353 e. The third-order valence-electron chi connectivity index (χ3n) is 5.61. The van der Waals surface area contributed by atoms with Crippen LogP contribution in [0.15, 0.2) is 54.9 Å². The average Bonchev–Trinajstić information content (AvgIpc) is 2.84. The molecule has 1 fully saturated rings. The summed E-state index contributed by atoms with van der Waals surface area (Å²) in [7, 11) is 0. The first-order chi connectivity index (χ1) is 15.8. The van der Waals surface area contributed by atoms with Crippen LogP contribution in [0.2, 0.25) is 0 Å². The van der Waals surface area contributed by atoms with Gasteiger partial charge in [-0.15, -0.1) is 0 Å². The van der Waals surface area contributed by atoms with Gasteiger partial charge in [-0.3, -0.25) is 25.0 Å². The molecule has 1 amide bonds. The zero-order valence-corrected chi connectivity index (χ0v) is 17.7. The van der Waals surface area contributed by atoms with Gasteiger partial charge in [0.05, 0.1) is 21.1 Å². The van der Waals surface area contributed by atoms with Crippen molar-refractivity contribution in [3.05, 3.63) is 86.2 Å². The number of piperazine rings is 1. The van der Waals surface area contributed by atoms with Gasteiger partial charge in [0.2, 0.25) is 0 Å². The van der Waals surface area contributed by atoms with E-state index in [1.165, 1.54) is 18.2 Å². The van der Waals surface area contributed by atoms with Gasteiger partial charge in [-0.05, 0) is 6.92 Å². The fraction of sp³-hybridized carbons (Fsp3) is 0.227. The van der Waals surface area contributed by atoms with Crippen LogP contribution >= 0.6 is 0 Å². The van der Waals surface area contributed by atoms with Crippen molar-refractivity contribution in [3.63, 3.8) is 0 Å². The normalized spacial score (nSPS) is 13.6. The SMILES string of the molecule is Cc1c([N+](=O)[O-])cc(C(=O)N2CCN(c3cc(-c4ccccc4)ncn3)CC2)cc1[N+](=O)[O-]. The number of rotatable bonds is 5. The molecule has 33 heavy (non-hydrogen) atoms. The highest BCUT2D eigenvalue weighted by molar-refractivity contribution is 5.96. The van der Waals surface area contributed by atoms with E-state index in [-0.39, 0.29) is 11.1 Å². The maximum absolute atomic E-state index is 13.0. The summed E-state index contributed by atoms with van der Waals surface area (Å²) in [5, 5.41) is 22.6. The van der Waals surface area contributed by atoms with Gasteiger partial charge in [-0.2, -0.15) is 0 Å². The molecule has 11 nitrogen and oxygen atoms in total. The van der Waals surface area contributed by atoms with Crippen LogP contribution in [0.1, 0.15) is 15.9 Å². The lowest BCUT2D eigenvalue weighted by Gasteiger charge is -2.35. The second kappa shape index (κ2) is 8.99. The fourth-order valence-electron chi connectivity index (χ4n) is 3.79. The molecule has 0 bridgehead atoms. The Morgan fingerprint density at radius 3 is 2.09 bits per heavy atom. The topological polar surface area (TPSA) is 136 Å². The van der Waals surface area contributed by atoms with E-state index >= 15 is 0 Å². The summed E-state index contributed by atoms with van der Waals surface area (Å²) in [5.41, 5.74) is 0.724. The Balaban J connectivity index is 1.50. The molecule has 1 aromatic heterocycles. The minimum atomic E-state index is -0.712. The summed E-state index contributed by atoms with van der Waals surface area (Å²) in [4.78, 5) is 46.4. The largest absolute Gasteiger partial charge is 0.353 e. The molecule has 0 spiro atoms. The predicted octanol–water partition coefficient (Wildman–Crippen LogP) is 3.23. The van der Waals surface area contributed by atoms with E-state index in [2.05, 4.69) is 9.97 Å². The first-order valence-electron chi connectivity index (χ1n) is 10.2. The van der Waals surface area contributed by atoms with Crippen LogP contribution < -0.4 is 4.90 Å². The Labute approximate surface area is 188 Å². The van der Waals surface area contributed by atoms with Crippen LogP contribution in [0.3, 0.4) is 0 Å². The molecule has 1 aliphatic heterocycles. The van der Waals surface area contributed by atoms with Crippen LogP contribution in [0, 0.1) is 27.2 Å². The Morgan fingerprint density at radius 1 is 0.909 bits per heavy atom. The number of nitro groups is 2. The van der Waals surface area contributed by atoms with Crippen LogP contribution in [-0.4, -0.2) is 56.8 Å². The number of aromatic nitrogens is 2. The maximum atomic E-state index is 13.0. The summed E-state index contributed by atoms with van der Waals surface area (Å²) in [6, 6.07) is 13.8. The lowest BCUT2D eigenvalue weighted by atomic mass is 10.1. The number of carbonyl (C=O) groups is 1. The number of anilines is 1. The Bertz CT molecular complexity index is 1190. The maximum Gasteiger partial charge on any atom is 0.279 e. The predicted molar refractivity (Wildman–Crippen MR) is 120 cm³/mol. The molecule has 0 radical (unpaired) electrons. The molecule has 11 heteroatoms. The van der Waals surface area contributed by atoms with Crippen LogP contribution in [-0.2, 0) is 0 Å². The van der Waals surface area contributed by atoms with Gasteiger partial charge in [0.15, 0.2) is 0 Å². The van der Waals surface area contributed by atoms with Crippen LogP contribution in [0.25, 0.3) is 11.3 Å². The van der Waals surface area contributed by atoms with E-state index in [9.17, 15) is 25.0 Å². The highest BCUT2D eigenvalue weighted by atomic mass is 16.6. The zero-order valence-electron chi connectivity index (χ0n) is 17.7. The number of nitrogens with zero attached hydrogens (tertiary/aromatic N) is 6. The first-order valence-corrected chi connectivity index (χ1v) is 10.2. The third kappa shape index (κ3) is 4.47. The minimum absolute atomic E-state index is 0.0687. The van der Waals surface area contributed by atoms with Gasteiger partial charge in [-0.25, -0.2) is 9.97 Å². The number of hydrogen-bond donors (Lipinski definition) is 0. The monoisotopic (exact) mass is 448 g/mol. The second-order valence-electron chi connectivity index (χ2n) is 7.56. The lowest BCUT2D eigenvalue weighted by molar-refractivity contribution is -0.395. The number of hydrogen-bond acceptors (Lipinski definition) is 8. The molecule has 2 aromatic carbocycles. The molecule has 1 saturated heterocycles. The number of amides is 1. The highest BCUT2D eigenvalue weighted by Crippen LogP contribution is 2.30. The summed E-state index contributed by atoms with van der Waals surface area (Å²) >= 11 is 0. The first kappa shape index (κ1) is 21.8. The molecule has 3 aromatic rings. The quantitative estimate of drug-likeness (QED) is 0.429. The van der Waals surface area contributed by atoms with Crippen molar-refractivity contribution in [3.8, 4) is 11.3 Å². The fourth-order valence-corrected chi connectivity index (χ4v) is 3.79. The van der Waals surface area contributed by atoms with Crippen molar-refractivity contribution in [1.82, 2.24) is 14.9 Å². The standard InChI is InChI=1S/C22H20N6O5/c1-15-19(27(30)31)11-17(12-20(15)28(32)33)22(29)26-9-7-25(8-10-26)21-13-18(23-14-24-21)16-5-3-2-4-6-16/h2-6,11-14H,7-10H2,1H3. The molecular weight excluding hydrogens is 428 g/mol. The van der Waals surface area contributed by atoms with Crippen molar-refractivity contribution in [2.24, 2.45) is 0 Å². The molecular formula is C22H20N6O5. The Morgan fingerprint density at radius 2 is 1.52 bits per heavy atom. The molecule has 0 saturated carbocycles. The van der Waals surface area contributed by atoms with E-state index < -0.39 is 27.1 Å². The third-order valence-corrected chi connectivity index (χ3v) is 5.61. The molecule has 0 atom stereocenters. The number of nitro benzene ring substituents is 2. The summed E-state index contributed by atoms with van der Waals surface area (Å²) < 4.78 is 0. The lowest BCUT2D eigenvalue weighted by Crippen LogP contribution is -2.49. The zero-order chi connectivity index (χ0) is 23.5. The molecule has 4 rings (SSSR count). The molecule has 0 N–H and O–H groups in total. The van der Waals surface area contributed by atoms with E-state index in [4.69, 9.17) is 0 Å². The molecule has 0 unspecified atom stereocenters. The van der Waals surface area contributed by atoms with Crippen LogP contribution in [0.4, 0.5) is 17.2 Å². The van der Waals surface area contributed by atoms with E-state index in [1.54, 1.807) is 0 Å². The Hall–Kier alpha value is -4.41. The van der Waals surface area contributed by atoms with Crippen molar-refractivity contribution in [2.45, 2.75) is 6.92 Å². The summed E-state index contributed by atoms with van der Waals surface area (Å²) in [5.74, 6) is 0.256. The van der Waals surface area contributed by atoms with Crippen LogP contribution in [0.5, 0.6) is 0 Å². The van der Waals surface area contributed by atoms with E-state index in [0.29, 0.717) is 26.2 Å². The molecule has 2 heterocycles. The van der Waals surface area contributed by atoms with Gasteiger partial charge >= 0.3 is 0 Å². The van der Waals surface area contributed by atoms with E-state index in [0.717, 1.165) is 29.2 Å². The molecule has 168 valence electrons. The summed E-state index contributed by atoms with van der Waals surface area (Å²) in [6.45, 7) is 2.98. The number of carbonyl (C=O) groups excluding carboxylic acids is 1. The van der Waals surface area contributed by atoms with E-state index in [1.807, 2.05) is 41.3 Å². The van der Waals surface area contributed by atoms with Gasteiger partial charge in [0, 0.05) is 49.9 Å². The smallest absolute Gasteiger partial charge is 0.279 e.